The number of benzene rings is 1. The molecule has 2 heterocycles. The van der Waals surface area contributed by atoms with Gasteiger partial charge < -0.3 is 14.7 Å². The molecule has 1 N–H and O–H groups in total. The molecule has 0 radical (unpaired) electrons. The third-order valence-corrected chi connectivity index (χ3v) is 5.08. The van der Waals surface area contributed by atoms with Gasteiger partial charge in [-0.25, -0.2) is 9.78 Å². The Bertz CT molecular complexity index is 679. The molecule has 0 bridgehead atoms. The van der Waals surface area contributed by atoms with E-state index >= 15 is 0 Å². The van der Waals surface area contributed by atoms with E-state index in [-0.39, 0.29) is 0 Å². The van der Waals surface area contributed by atoms with Crippen LogP contribution in [0.5, 0.6) is 0 Å². The maximum atomic E-state index is 10.9. The van der Waals surface area contributed by atoms with Gasteiger partial charge in [-0.2, -0.15) is 0 Å². The molecule has 0 aliphatic carbocycles. The summed E-state index contributed by atoms with van der Waals surface area (Å²) in [6.45, 7) is 5.72. The van der Waals surface area contributed by atoms with Gasteiger partial charge in [-0.1, -0.05) is 12.1 Å². The van der Waals surface area contributed by atoms with Crippen LogP contribution in [0.2, 0.25) is 0 Å². The first-order valence-corrected chi connectivity index (χ1v) is 8.81. The lowest BCUT2D eigenvalue weighted by Gasteiger charge is -2.34. The maximum Gasteiger partial charge on any atom is 0.335 e. The Morgan fingerprint density at radius 3 is 2.58 bits per heavy atom. The molecular formula is C17H21N3O3S. The summed E-state index contributed by atoms with van der Waals surface area (Å²) >= 11 is 1.64. The average molecular weight is 347 g/mol. The molecule has 24 heavy (non-hydrogen) atoms. The van der Waals surface area contributed by atoms with E-state index < -0.39 is 5.97 Å². The number of carbonyl (C=O) groups is 1. The topological polar surface area (TPSA) is 65.9 Å². The predicted molar refractivity (Wildman–Crippen MR) is 95.0 cm³/mol. The van der Waals surface area contributed by atoms with E-state index in [4.69, 9.17) is 14.8 Å². The minimum atomic E-state index is -0.910. The number of piperazine rings is 1. The molecule has 0 spiro atoms. The number of carboxylic acids is 1. The number of thiazole rings is 1. The highest BCUT2D eigenvalue weighted by molar-refractivity contribution is 7.14. The highest BCUT2D eigenvalue weighted by Gasteiger charge is 2.19. The first-order chi connectivity index (χ1) is 11.7. The normalized spacial score (nSPS) is 15.6. The van der Waals surface area contributed by atoms with E-state index in [2.05, 4.69) is 9.80 Å². The molecule has 6 nitrogen and oxygen atoms in total. The van der Waals surface area contributed by atoms with Gasteiger partial charge in [-0.15, -0.1) is 11.3 Å². The molecule has 1 fully saturated rings. The van der Waals surface area contributed by atoms with Crippen LogP contribution in [0.1, 0.15) is 10.4 Å². The van der Waals surface area contributed by atoms with Gasteiger partial charge in [0.2, 0.25) is 0 Å². The first kappa shape index (κ1) is 16.9. The minimum Gasteiger partial charge on any atom is -0.478 e. The summed E-state index contributed by atoms with van der Waals surface area (Å²) in [5, 5.41) is 12.0. The van der Waals surface area contributed by atoms with Crippen molar-refractivity contribution in [1.82, 2.24) is 9.88 Å². The van der Waals surface area contributed by atoms with Gasteiger partial charge in [0.05, 0.1) is 17.9 Å². The molecule has 0 amide bonds. The molecular weight excluding hydrogens is 326 g/mol. The van der Waals surface area contributed by atoms with Crippen LogP contribution in [0.15, 0.2) is 29.6 Å². The summed E-state index contributed by atoms with van der Waals surface area (Å²) < 4.78 is 5.13. The van der Waals surface area contributed by atoms with Crippen molar-refractivity contribution < 1.29 is 14.6 Å². The lowest BCUT2D eigenvalue weighted by molar-refractivity contribution is 0.0697. The highest BCUT2D eigenvalue weighted by atomic mass is 32.1. The lowest BCUT2D eigenvalue weighted by Crippen LogP contribution is -2.47. The zero-order chi connectivity index (χ0) is 16.9. The molecule has 7 heteroatoms. The average Bonchev–Trinajstić information content (AvgIpc) is 3.10. The van der Waals surface area contributed by atoms with Gasteiger partial charge >= 0.3 is 5.97 Å². The molecule has 2 aromatic rings. The van der Waals surface area contributed by atoms with Crippen LogP contribution in [0.25, 0.3) is 11.3 Å². The summed E-state index contributed by atoms with van der Waals surface area (Å²) in [6, 6.07) is 6.85. The van der Waals surface area contributed by atoms with Crippen LogP contribution in [-0.2, 0) is 4.74 Å². The number of rotatable bonds is 6. The number of aromatic nitrogens is 1. The second-order valence-corrected chi connectivity index (χ2v) is 6.56. The Labute approximate surface area is 145 Å². The molecule has 128 valence electrons. The van der Waals surface area contributed by atoms with E-state index in [1.54, 1.807) is 30.6 Å². The van der Waals surface area contributed by atoms with Crippen LogP contribution in [0.3, 0.4) is 0 Å². The van der Waals surface area contributed by atoms with Crippen molar-refractivity contribution in [3.05, 3.63) is 35.2 Å². The number of ether oxygens (including phenoxy) is 1. The van der Waals surface area contributed by atoms with Crippen molar-refractivity contribution in [3.63, 3.8) is 0 Å². The molecule has 0 atom stereocenters. The Kier molecular flexibility index (Phi) is 5.44. The number of anilines is 1. The number of methoxy groups -OCH3 is 1. The third kappa shape index (κ3) is 3.92. The van der Waals surface area contributed by atoms with Gasteiger partial charge in [0, 0.05) is 50.8 Å². The fourth-order valence-corrected chi connectivity index (χ4v) is 3.60. The van der Waals surface area contributed by atoms with E-state index in [1.807, 2.05) is 17.5 Å². The molecule has 1 aromatic carbocycles. The monoisotopic (exact) mass is 347 g/mol. The summed E-state index contributed by atoms with van der Waals surface area (Å²) in [5.74, 6) is -0.910. The standard InChI is InChI=1S/C17H21N3O3S/c1-23-11-10-19-6-8-20(9-7-19)17-18-15(12-24-17)13-2-4-14(5-3-13)16(21)22/h2-5,12H,6-11H2,1H3,(H,21,22). The van der Waals surface area contributed by atoms with Gasteiger partial charge in [0.15, 0.2) is 5.13 Å². The van der Waals surface area contributed by atoms with Crippen molar-refractivity contribution in [2.45, 2.75) is 0 Å². The molecule has 0 saturated carbocycles. The molecule has 0 unspecified atom stereocenters. The Hall–Kier alpha value is -1.96. The van der Waals surface area contributed by atoms with Gasteiger partial charge in [-0.05, 0) is 12.1 Å². The van der Waals surface area contributed by atoms with Crippen LogP contribution in [-0.4, -0.2) is 67.4 Å². The summed E-state index contributed by atoms with van der Waals surface area (Å²) in [4.78, 5) is 20.3. The predicted octanol–water partition coefficient (Wildman–Crippen LogP) is 2.28. The SMILES string of the molecule is COCCN1CCN(c2nc(-c3ccc(C(=O)O)cc3)cs2)CC1. The fraction of sp³-hybridized carbons (Fsp3) is 0.412. The van der Waals surface area contributed by atoms with Crippen molar-refractivity contribution >= 4 is 22.4 Å². The number of hydrogen-bond acceptors (Lipinski definition) is 6. The second-order valence-electron chi connectivity index (χ2n) is 5.72. The molecule has 1 saturated heterocycles. The Morgan fingerprint density at radius 1 is 1.25 bits per heavy atom. The molecule has 1 aliphatic rings. The number of aromatic carboxylic acids is 1. The van der Waals surface area contributed by atoms with E-state index in [0.717, 1.165) is 55.7 Å². The first-order valence-electron chi connectivity index (χ1n) is 7.93. The lowest BCUT2D eigenvalue weighted by atomic mass is 10.1. The van der Waals surface area contributed by atoms with Crippen LogP contribution < -0.4 is 4.90 Å². The zero-order valence-corrected chi connectivity index (χ0v) is 14.5. The van der Waals surface area contributed by atoms with Crippen molar-refractivity contribution in [2.24, 2.45) is 0 Å². The molecule has 1 aliphatic heterocycles. The summed E-state index contributed by atoms with van der Waals surface area (Å²) in [7, 11) is 1.73. The van der Waals surface area contributed by atoms with Crippen LogP contribution in [0, 0.1) is 0 Å². The smallest absolute Gasteiger partial charge is 0.335 e. The quantitative estimate of drug-likeness (QED) is 0.865. The third-order valence-electron chi connectivity index (χ3n) is 4.17. The van der Waals surface area contributed by atoms with Gasteiger partial charge in [0.1, 0.15) is 0 Å². The van der Waals surface area contributed by atoms with Gasteiger partial charge in [-0.3, -0.25) is 4.90 Å². The highest BCUT2D eigenvalue weighted by Crippen LogP contribution is 2.28. The number of carboxylic acid groups (broad SMARTS) is 1. The van der Waals surface area contributed by atoms with Crippen molar-refractivity contribution in [3.8, 4) is 11.3 Å². The summed E-state index contributed by atoms with van der Waals surface area (Å²) in [5.41, 5.74) is 2.14. The molecule has 3 rings (SSSR count). The number of nitrogens with zero attached hydrogens (tertiary/aromatic N) is 3. The van der Waals surface area contributed by atoms with Gasteiger partial charge in [0.25, 0.3) is 0 Å². The van der Waals surface area contributed by atoms with Crippen LogP contribution in [0.4, 0.5) is 5.13 Å². The maximum absolute atomic E-state index is 10.9. The zero-order valence-electron chi connectivity index (χ0n) is 13.6. The van der Waals surface area contributed by atoms with E-state index in [9.17, 15) is 4.79 Å². The largest absolute Gasteiger partial charge is 0.478 e. The van der Waals surface area contributed by atoms with Crippen molar-refractivity contribution in [1.29, 1.82) is 0 Å². The molecule has 1 aromatic heterocycles. The summed E-state index contributed by atoms with van der Waals surface area (Å²) in [6.07, 6.45) is 0. The minimum absolute atomic E-state index is 0.293. The second kappa shape index (κ2) is 7.74. The van der Waals surface area contributed by atoms with Crippen molar-refractivity contribution in [2.75, 3.05) is 51.3 Å². The van der Waals surface area contributed by atoms with E-state index in [0.29, 0.717) is 5.56 Å². The Balaban J connectivity index is 1.62. The number of hydrogen-bond donors (Lipinski definition) is 1. The Morgan fingerprint density at radius 2 is 1.96 bits per heavy atom. The van der Waals surface area contributed by atoms with Crippen LogP contribution >= 0.6 is 11.3 Å². The van der Waals surface area contributed by atoms with E-state index in [1.165, 1.54) is 0 Å². The fourth-order valence-electron chi connectivity index (χ4n) is 2.71.